The average Bonchev–Trinajstić information content (AvgIpc) is 2.90. The zero-order valence-electron chi connectivity index (χ0n) is 16.6. The van der Waals surface area contributed by atoms with E-state index < -0.39 is 11.7 Å². The van der Waals surface area contributed by atoms with Gasteiger partial charge < -0.3 is 15.0 Å². The van der Waals surface area contributed by atoms with Gasteiger partial charge in [0, 0.05) is 29.2 Å². The van der Waals surface area contributed by atoms with Gasteiger partial charge in [0.2, 0.25) is 0 Å². The molecule has 0 aromatic heterocycles. The van der Waals surface area contributed by atoms with Crippen molar-refractivity contribution >= 4 is 56.7 Å². The summed E-state index contributed by atoms with van der Waals surface area (Å²) in [5.74, 6) is -0.381. The van der Waals surface area contributed by atoms with Crippen LogP contribution in [0.25, 0.3) is 6.08 Å². The monoisotopic (exact) mass is 481 g/mol. The molecule has 2 fully saturated rings. The third-order valence-corrected chi connectivity index (χ3v) is 5.86. The van der Waals surface area contributed by atoms with Crippen LogP contribution in [0.3, 0.4) is 0 Å². The van der Waals surface area contributed by atoms with E-state index in [-0.39, 0.29) is 17.2 Å². The van der Waals surface area contributed by atoms with E-state index >= 15 is 0 Å². The lowest BCUT2D eigenvalue weighted by molar-refractivity contribution is -0.115. The van der Waals surface area contributed by atoms with Gasteiger partial charge in [-0.3, -0.25) is 14.9 Å². The molecule has 0 unspecified atom stereocenters. The lowest BCUT2D eigenvalue weighted by atomic mass is 10.0. The highest BCUT2D eigenvalue weighted by Gasteiger charge is 2.28. The Kier molecular flexibility index (Phi) is 6.58. The quantitative estimate of drug-likeness (QED) is 0.626. The van der Waals surface area contributed by atoms with Crippen LogP contribution in [0, 0.1) is 0 Å². The first kappa shape index (κ1) is 21.7. The first-order chi connectivity index (χ1) is 13.6. The summed E-state index contributed by atoms with van der Waals surface area (Å²) >= 11 is 4.51. The first-order valence-electron chi connectivity index (χ1n) is 9.40. The number of carbonyl (C=O) groups excluding carboxylic acids is 3. The molecule has 156 valence electrons. The predicted octanol–water partition coefficient (Wildman–Crippen LogP) is 4.27. The number of nitrogens with zero attached hydrogens (tertiary/aromatic N) is 1. The van der Waals surface area contributed by atoms with E-state index in [0.29, 0.717) is 11.4 Å². The van der Waals surface area contributed by atoms with Crippen LogP contribution in [-0.2, 0) is 9.53 Å². The minimum absolute atomic E-state index is 0.0445. The van der Waals surface area contributed by atoms with Crippen LogP contribution in [0.4, 0.5) is 15.3 Å². The second-order valence-corrected chi connectivity index (χ2v) is 9.83. The SMILES string of the molecule is CC(C)(C)OC(=O)N[C@@H]1CCCN(c2c(Br)cccc2C=C2SC(=O)NC2=O)C1. The highest BCUT2D eigenvalue weighted by atomic mass is 79.9. The molecule has 29 heavy (non-hydrogen) atoms. The number of amides is 3. The second-order valence-electron chi connectivity index (χ2n) is 7.96. The molecule has 9 heteroatoms. The van der Waals surface area contributed by atoms with Crippen molar-refractivity contribution in [1.82, 2.24) is 10.6 Å². The van der Waals surface area contributed by atoms with E-state index in [1.807, 2.05) is 39.0 Å². The summed E-state index contributed by atoms with van der Waals surface area (Å²) < 4.78 is 6.26. The van der Waals surface area contributed by atoms with Crippen molar-refractivity contribution in [3.05, 3.63) is 33.1 Å². The molecular weight excluding hydrogens is 458 g/mol. The summed E-state index contributed by atoms with van der Waals surface area (Å²) in [4.78, 5) is 38.1. The summed E-state index contributed by atoms with van der Waals surface area (Å²) in [5.41, 5.74) is 1.23. The fourth-order valence-corrected chi connectivity index (χ4v) is 4.62. The molecular formula is C20H24BrN3O4S. The molecule has 2 aliphatic heterocycles. The largest absolute Gasteiger partial charge is 0.444 e. The van der Waals surface area contributed by atoms with Crippen molar-refractivity contribution in [3.63, 3.8) is 0 Å². The number of hydrogen-bond donors (Lipinski definition) is 2. The normalized spacial score (nSPS) is 21.3. The summed E-state index contributed by atoms with van der Waals surface area (Å²) in [6.07, 6.45) is 3.08. The predicted molar refractivity (Wildman–Crippen MR) is 118 cm³/mol. The van der Waals surface area contributed by atoms with Crippen molar-refractivity contribution in [2.75, 3.05) is 18.0 Å². The number of hydrogen-bond acceptors (Lipinski definition) is 6. The number of rotatable bonds is 3. The van der Waals surface area contributed by atoms with Gasteiger partial charge >= 0.3 is 6.09 Å². The summed E-state index contributed by atoms with van der Waals surface area (Å²) in [6, 6.07) is 5.70. The number of thioether (sulfide) groups is 1. The number of anilines is 1. The topological polar surface area (TPSA) is 87.7 Å². The molecule has 0 saturated carbocycles. The molecule has 7 nitrogen and oxygen atoms in total. The standard InChI is InChI=1S/C20H24BrN3O4S/c1-20(2,3)28-18(26)22-13-7-5-9-24(11-13)16-12(6-4-8-14(16)21)10-15-17(25)23-19(27)29-15/h4,6,8,10,13H,5,7,9,11H2,1-3H3,(H,22,26)(H,23,25,27)/t13-/m1/s1. The van der Waals surface area contributed by atoms with Crippen LogP contribution in [-0.4, -0.2) is 42.0 Å². The number of benzene rings is 1. The van der Waals surface area contributed by atoms with E-state index in [0.717, 1.165) is 46.9 Å². The minimum Gasteiger partial charge on any atom is -0.444 e. The molecule has 2 saturated heterocycles. The molecule has 2 aliphatic rings. The van der Waals surface area contributed by atoms with Crippen LogP contribution in [0.5, 0.6) is 0 Å². The Labute approximate surface area is 182 Å². The maximum atomic E-state index is 12.2. The average molecular weight is 482 g/mol. The third kappa shape index (κ3) is 5.76. The Morgan fingerprint density at radius 2 is 2.14 bits per heavy atom. The van der Waals surface area contributed by atoms with Gasteiger partial charge in [0.15, 0.2) is 0 Å². The fraction of sp³-hybridized carbons (Fsp3) is 0.450. The lowest BCUT2D eigenvalue weighted by Gasteiger charge is -2.36. The van der Waals surface area contributed by atoms with Gasteiger partial charge in [-0.05, 0) is 73.4 Å². The number of halogens is 1. The molecule has 0 aliphatic carbocycles. The molecule has 0 bridgehead atoms. The lowest BCUT2D eigenvalue weighted by Crippen LogP contribution is -2.49. The van der Waals surface area contributed by atoms with Crippen molar-refractivity contribution in [2.45, 2.75) is 45.3 Å². The van der Waals surface area contributed by atoms with E-state index in [1.54, 1.807) is 6.08 Å². The minimum atomic E-state index is -0.544. The maximum absolute atomic E-state index is 12.2. The van der Waals surface area contributed by atoms with E-state index in [4.69, 9.17) is 4.74 Å². The van der Waals surface area contributed by atoms with E-state index in [1.165, 1.54) is 0 Å². The van der Waals surface area contributed by atoms with Crippen molar-refractivity contribution < 1.29 is 19.1 Å². The van der Waals surface area contributed by atoms with Gasteiger partial charge in [0.1, 0.15) is 5.60 Å². The summed E-state index contributed by atoms with van der Waals surface area (Å²) in [6.45, 7) is 6.95. The molecule has 1 aromatic carbocycles. The third-order valence-electron chi connectivity index (χ3n) is 4.41. The maximum Gasteiger partial charge on any atom is 0.407 e. The zero-order chi connectivity index (χ0) is 21.2. The van der Waals surface area contributed by atoms with Crippen molar-refractivity contribution in [3.8, 4) is 0 Å². The van der Waals surface area contributed by atoms with Crippen molar-refractivity contribution in [1.29, 1.82) is 0 Å². The Bertz CT molecular complexity index is 866. The number of alkyl carbamates (subject to hydrolysis) is 1. The number of piperidine rings is 1. The summed E-state index contributed by atoms with van der Waals surface area (Å²) in [5, 5.41) is 4.87. The zero-order valence-corrected chi connectivity index (χ0v) is 19.0. The first-order valence-corrected chi connectivity index (χ1v) is 11.0. The van der Waals surface area contributed by atoms with Crippen LogP contribution in [0.15, 0.2) is 27.6 Å². The van der Waals surface area contributed by atoms with Crippen LogP contribution < -0.4 is 15.5 Å². The highest BCUT2D eigenvalue weighted by Crippen LogP contribution is 2.36. The molecule has 1 atom stereocenters. The van der Waals surface area contributed by atoms with Gasteiger partial charge in [-0.25, -0.2) is 4.79 Å². The number of para-hydroxylation sites is 1. The highest BCUT2D eigenvalue weighted by molar-refractivity contribution is 9.10. The fourth-order valence-electron chi connectivity index (χ4n) is 3.32. The molecule has 2 heterocycles. The Morgan fingerprint density at radius 3 is 2.79 bits per heavy atom. The van der Waals surface area contributed by atoms with Gasteiger partial charge in [0.25, 0.3) is 11.1 Å². The Morgan fingerprint density at radius 1 is 1.38 bits per heavy atom. The molecule has 0 radical (unpaired) electrons. The van der Waals surface area contributed by atoms with Crippen molar-refractivity contribution in [2.24, 2.45) is 0 Å². The number of ether oxygens (including phenoxy) is 1. The molecule has 3 amide bonds. The van der Waals surface area contributed by atoms with Gasteiger partial charge in [-0.15, -0.1) is 0 Å². The Hall–Kier alpha value is -2.00. The number of imide groups is 1. The molecule has 3 rings (SSSR count). The van der Waals surface area contributed by atoms with Gasteiger partial charge in [-0.2, -0.15) is 0 Å². The molecule has 1 aromatic rings. The number of nitrogens with one attached hydrogen (secondary N) is 2. The van der Waals surface area contributed by atoms with E-state index in [9.17, 15) is 14.4 Å². The van der Waals surface area contributed by atoms with Crippen LogP contribution in [0.1, 0.15) is 39.2 Å². The van der Waals surface area contributed by atoms with E-state index in [2.05, 4.69) is 31.5 Å². The van der Waals surface area contributed by atoms with Crippen LogP contribution >= 0.6 is 27.7 Å². The molecule has 0 spiro atoms. The smallest absolute Gasteiger partial charge is 0.407 e. The van der Waals surface area contributed by atoms with Gasteiger partial charge in [0.05, 0.1) is 10.6 Å². The Balaban J connectivity index is 1.79. The summed E-state index contributed by atoms with van der Waals surface area (Å²) in [7, 11) is 0. The number of carbonyl (C=O) groups is 3. The molecule has 2 N–H and O–H groups in total. The van der Waals surface area contributed by atoms with Gasteiger partial charge in [-0.1, -0.05) is 12.1 Å². The van der Waals surface area contributed by atoms with Crippen LogP contribution in [0.2, 0.25) is 0 Å². The second kappa shape index (κ2) is 8.79.